The van der Waals surface area contributed by atoms with E-state index in [1.54, 1.807) is 25.1 Å². The van der Waals surface area contributed by atoms with Crippen LogP contribution in [0.1, 0.15) is 39.2 Å². The predicted molar refractivity (Wildman–Crippen MR) is 111 cm³/mol. The normalized spacial score (nSPS) is 23.0. The fraction of sp³-hybridized carbons (Fsp3) is 0.619. The van der Waals surface area contributed by atoms with Crippen molar-refractivity contribution in [2.75, 3.05) is 33.8 Å². The molecule has 1 aromatic carbocycles. The molecule has 0 aliphatic carbocycles. The zero-order valence-electron chi connectivity index (χ0n) is 17.5. The minimum Gasteiger partial charge on any atom is -0.487 e. The van der Waals surface area contributed by atoms with Crippen LogP contribution in [-0.2, 0) is 10.0 Å². The van der Waals surface area contributed by atoms with Gasteiger partial charge in [-0.05, 0) is 45.6 Å². The van der Waals surface area contributed by atoms with Crippen molar-refractivity contribution in [1.82, 2.24) is 9.21 Å². The highest BCUT2D eigenvalue weighted by atomic mass is 32.2. The molecule has 0 spiro atoms. The molecule has 0 fully saturated rings. The van der Waals surface area contributed by atoms with Crippen LogP contribution in [0.5, 0.6) is 5.75 Å². The summed E-state index contributed by atoms with van der Waals surface area (Å²) in [7, 11) is 0.137. The third-order valence-corrected chi connectivity index (χ3v) is 6.84. The van der Waals surface area contributed by atoms with E-state index < -0.39 is 16.1 Å². The topological polar surface area (TPSA) is 70.1 Å². The quantitative estimate of drug-likeness (QED) is 0.756. The summed E-state index contributed by atoms with van der Waals surface area (Å²) in [6, 6.07) is 4.50. The van der Waals surface area contributed by atoms with Gasteiger partial charge in [0, 0.05) is 37.0 Å². The fourth-order valence-electron chi connectivity index (χ4n) is 3.17. The lowest BCUT2D eigenvalue weighted by Crippen LogP contribution is -2.49. The molecule has 28 heavy (non-hydrogen) atoms. The number of likely N-dealkylation sites (N-methyl/N-ethyl adjacent to an activating group) is 1. The lowest BCUT2D eigenvalue weighted by atomic mass is 10.0. The summed E-state index contributed by atoms with van der Waals surface area (Å²) >= 11 is 0. The van der Waals surface area contributed by atoms with E-state index in [0.717, 1.165) is 18.4 Å². The van der Waals surface area contributed by atoms with Gasteiger partial charge in [-0.15, -0.1) is 0 Å². The van der Waals surface area contributed by atoms with Gasteiger partial charge in [0.05, 0.1) is 6.61 Å². The monoisotopic (exact) mass is 408 g/mol. The van der Waals surface area contributed by atoms with Crippen LogP contribution in [0.25, 0.3) is 0 Å². The summed E-state index contributed by atoms with van der Waals surface area (Å²) in [5.74, 6) is 6.45. The van der Waals surface area contributed by atoms with Gasteiger partial charge in [-0.1, -0.05) is 25.7 Å². The van der Waals surface area contributed by atoms with E-state index in [4.69, 9.17) is 4.74 Å². The predicted octanol–water partition coefficient (Wildman–Crippen LogP) is 2.17. The first-order chi connectivity index (χ1) is 13.2. The van der Waals surface area contributed by atoms with Gasteiger partial charge in [0.2, 0.25) is 10.0 Å². The third-order valence-electron chi connectivity index (χ3n) is 4.82. The second-order valence-electron chi connectivity index (χ2n) is 7.72. The molecule has 0 unspecified atom stereocenters. The number of nitrogens with zero attached hydrogens (tertiary/aromatic N) is 2. The van der Waals surface area contributed by atoms with Crippen molar-refractivity contribution < 1.29 is 18.3 Å². The second-order valence-corrected chi connectivity index (χ2v) is 9.57. The maximum atomic E-state index is 13.3. The van der Waals surface area contributed by atoms with Gasteiger partial charge in [0.1, 0.15) is 16.7 Å². The van der Waals surface area contributed by atoms with Gasteiger partial charge in [0.15, 0.2) is 0 Å². The standard InChI is InChI=1S/C21H32N2O4S/c1-6-7-8-9-18-10-11-21-19(12-18)27-20(14-22(4)5)16(2)13-23(17(3)15-24)28(21,25)26/h10-12,16-17,20,24H,6-7,13-15H2,1-5H3/t16-,17+,20-/m1/s1. The number of hydrogen-bond donors (Lipinski definition) is 1. The smallest absolute Gasteiger partial charge is 0.247 e. The van der Waals surface area contributed by atoms with Crippen molar-refractivity contribution in [3.63, 3.8) is 0 Å². The number of sulfonamides is 1. The van der Waals surface area contributed by atoms with Crippen molar-refractivity contribution >= 4 is 10.0 Å². The van der Waals surface area contributed by atoms with E-state index >= 15 is 0 Å². The molecule has 2 rings (SSSR count). The van der Waals surface area contributed by atoms with E-state index in [9.17, 15) is 13.5 Å². The number of rotatable bonds is 5. The van der Waals surface area contributed by atoms with Gasteiger partial charge in [-0.3, -0.25) is 0 Å². The van der Waals surface area contributed by atoms with E-state index in [2.05, 4.69) is 18.8 Å². The highest BCUT2D eigenvalue weighted by Crippen LogP contribution is 2.34. The summed E-state index contributed by atoms with van der Waals surface area (Å²) in [6.45, 7) is 6.48. The minimum atomic E-state index is -3.79. The van der Waals surface area contributed by atoms with Crippen molar-refractivity contribution in [2.45, 2.75) is 50.7 Å². The average molecular weight is 409 g/mol. The number of unbranched alkanes of at least 4 members (excludes halogenated alkanes) is 1. The number of hydrogen-bond acceptors (Lipinski definition) is 5. The van der Waals surface area contributed by atoms with Crippen molar-refractivity contribution in [3.8, 4) is 17.6 Å². The summed E-state index contributed by atoms with van der Waals surface area (Å²) in [5.41, 5.74) is 0.737. The summed E-state index contributed by atoms with van der Waals surface area (Å²) in [6.07, 6.45) is 1.58. The Hall–Kier alpha value is -1.59. The molecule has 0 bridgehead atoms. The van der Waals surface area contributed by atoms with Crippen LogP contribution in [0.15, 0.2) is 23.1 Å². The molecule has 3 atom stereocenters. The molecule has 156 valence electrons. The van der Waals surface area contributed by atoms with E-state index in [0.29, 0.717) is 18.8 Å². The van der Waals surface area contributed by atoms with Crippen LogP contribution in [0.4, 0.5) is 0 Å². The van der Waals surface area contributed by atoms with Crippen molar-refractivity contribution in [1.29, 1.82) is 0 Å². The number of aliphatic hydroxyl groups is 1. The first-order valence-corrected chi connectivity index (χ1v) is 11.2. The molecule has 1 aliphatic rings. The SMILES string of the molecule is CCCC#Cc1ccc2c(c1)O[C@H](CN(C)C)[C@H](C)CN([C@@H](C)CO)S2(=O)=O. The molecule has 0 aromatic heterocycles. The lowest BCUT2D eigenvalue weighted by Gasteiger charge is -2.37. The summed E-state index contributed by atoms with van der Waals surface area (Å²) < 4.78 is 34.2. The van der Waals surface area contributed by atoms with Crippen molar-refractivity contribution in [3.05, 3.63) is 23.8 Å². The van der Waals surface area contributed by atoms with E-state index in [1.165, 1.54) is 4.31 Å². The lowest BCUT2D eigenvalue weighted by molar-refractivity contribution is 0.0812. The zero-order chi connectivity index (χ0) is 20.9. The first-order valence-electron chi connectivity index (χ1n) is 9.77. The molecule has 1 aromatic rings. The Morgan fingerprint density at radius 1 is 1.39 bits per heavy atom. The summed E-state index contributed by atoms with van der Waals surface area (Å²) in [4.78, 5) is 2.16. The van der Waals surface area contributed by atoms with Gasteiger partial charge >= 0.3 is 0 Å². The Labute approximate surface area is 169 Å². The van der Waals surface area contributed by atoms with Crippen LogP contribution in [0, 0.1) is 17.8 Å². The van der Waals surface area contributed by atoms with Crippen LogP contribution in [0.2, 0.25) is 0 Å². The largest absolute Gasteiger partial charge is 0.487 e. The number of fused-ring (bicyclic) bond motifs is 1. The first kappa shape index (κ1) is 22.7. The van der Waals surface area contributed by atoms with Crippen LogP contribution in [0.3, 0.4) is 0 Å². The fourth-order valence-corrected chi connectivity index (χ4v) is 5.00. The van der Waals surface area contributed by atoms with Crippen LogP contribution in [-0.4, -0.2) is 68.7 Å². The van der Waals surface area contributed by atoms with Crippen LogP contribution < -0.4 is 4.74 Å². The van der Waals surface area contributed by atoms with E-state index in [1.807, 2.05) is 25.9 Å². The highest BCUT2D eigenvalue weighted by molar-refractivity contribution is 7.89. The second kappa shape index (κ2) is 9.75. The molecular weight excluding hydrogens is 376 g/mol. The average Bonchev–Trinajstić information content (AvgIpc) is 2.63. The zero-order valence-corrected chi connectivity index (χ0v) is 18.3. The van der Waals surface area contributed by atoms with Gasteiger partial charge in [-0.2, -0.15) is 4.31 Å². The highest BCUT2D eigenvalue weighted by Gasteiger charge is 2.37. The van der Waals surface area contributed by atoms with Gasteiger partial charge < -0.3 is 14.7 Å². The molecule has 1 N–H and O–H groups in total. The van der Waals surface area contributed by atoms with Gasteiger partial charge in [0.25, 0.3) is 0 Å². The molecule has 0 amide bonds. The molecule has 0 saturated carbocycles. The third kappa shape index (κ3) is 5.26. The molecule has 7 heteroatoms. The molecule has 0 saturated heterocycles. The maximum absolute atomic E-state index is 13.3. The minimum absolute atomic E-state index is 0.0471. The van der Waals surface area contributed by atoms with E-state index in [-0.39, 0.29) is 23.5 Å². The van der Waals surface area contributed by atoms with Crippen molar-refractivity contribution in [2.24, 2.45) is 5.92 Å². The maximum Gasteiger partial charge on any atom is 0.247 e. The molecule has 0 radical (unpaired) electrons. The molecular formula is C21H32N2O4S. The van der Waals surface area contributed by atoms with Gasteiger partial charge in [-0.25, -0.2) is 8.42 Å². The summed E-state index contributed by atoms with van der Waals surface area (Å²) in [5, 5.41) is 9.63. The Morgan fingerprint density at radius 3 is 2.71 bits per heavy atom. The Morgan fingerprint density at radius 2 is 2.11 bits per heavy atom. The molecule has 1 heterocycles. The number of aliphatic hydroxyl groups excluding tert-OH is 1. The molecule has 6 nitrogen and oxygen atoms in total. The Bertz CT molecular complexity index is 827. The van der Waals surface area contributed by atoms with Crippen LogP contribution >= 0.6 is 0 Å². The Kier molecular flexibility index (Phi) is 7.90. The Balaban J connectivity index is 2.57. The number of benzene rings is 1. The number of ether oxygens (including phenoxy) is 1. The molecule has 1 aliphatic heterocycles.